The van der Waals surface area contributed by atoms with Gasteiger partial charge in [-0.25, -0.2) is 9.97 Å². The number of nitrogens with zero attached hydrogens (tertiary/aromatic N) is 4. The van der Waals surface area contributed by atoms with Gasteiger partial charge in [0, 0.05) is 17.3 Å². The lowest BCUT2D eigenvalue weighted by Crippen LogP contribution is -2.25. The molecule has 1 fully saturated rings. The second-order valence-electron chi connectivity index (χ2n) is 5.99. The fourth-order valence-electron chi connectivity index (χ4n) is 2.75. The van der Waals surface area contributed by atoms with Crippen molar-refractivity contribution in [3.8, 4) is 0 Å². The molecule has 122 valence electrons. The van der Waals surface area contributed by atoms with E-state index >= 15 is 0 Å². The molecule has 3 aromatic rings. The van der Waals surface area contributed by atoms with Gasteiger partial charge in [0.1, 0.15) is 11.5 Å². The Hall–Kier alpha value is -2.47. The van der Waals surface area contributed by atoms with Crippen LogP contribution in [0.15, 0.2) is 30.6 Å². The van der Waals surface area contributed by atoms with Crippen molar-refractivity contribution in [1.82, 2.24) is 24.8 Å². The molecule has 1 N–H and O–H groups in total. The number of halogens is 1. The van der Waals surface area contributed by atoms with E-state index in [9.17, 15) is 4.79 Å². The maximum atomic E-state index is 12.2. The number of rotatable bonds is 4. The van der Waals surface area contributed by atoms with E-state index in [0.717, 1.165) is 35.4 Å². The molecule has 1 saturated carbocycles. The Morgan fingerprint density at radius 3 is 2.88 bits per heavy atom. The van der Waals surface area contributed by atoms with Crippen LogP contribution in [0, 0.1) is 6.92 Å². The number of fused-ring (bicyclic) bond motifs is 1. The van der Waals surface area contributed by atoms with E-state index in [2.05, 4.69) is 24.8 Å². The zero-order valence-electron chi connectivity index (χ0n) is 13.2. The number of carbonyl (C=O) groups is 1. The predicted molar refractivity (Wildman–Crippen MR) is 91.0 cm³/mol. The molecule has 0 radical (unpaired) electrons. The Morgan fingerprint density at radius 1 is 1.33 bits per heavy atom. The Balaban J connectivity index is 1.59. The quantitative estimate of drug-likeness (QED) is 0.791. The Labute approximate surface area is 143 Å². The van der Waals surface area contributed by atoms with Crippen molar-refractivity contribution in [1.29, 1.82) is 0 Å². The second kappa shape index (κ2) is 5.87. The smallest absolute Gasteiger partial charge is 0.271 e. The van der Waals surface area contributed by atoms with E-state index in [1.165, 1.54) is 6.20 Å². The van der Waals surface area contributed by atoms with Crippen LogP contribution in [0.4, 0.5) is 0 Å². The van der Waals surface area contributed by atoms with Crippen molar-refractivity contribution in [3.63, 3.8) is 0 Å². The molecular formula is C17H16ClN5O. The van der Waals surface area contributed by atoms with Gasteiger partial charge in [0.25, 0.3) is 5.91 Å². The second-order valence-corrected chi connectivity index (χ2v) is 6.42. The summed E-state index contributed by atoms with van der Waals surface area (Å²) in [6, 6.07) is 6.17. The fraction of sp³-hybridized carbons (Fsp3) is 0.294. The zero-order valence-corrected chi connectivity index (χ0v) is 13.9. The first-order chi connectivity index (χ1) is 11.6. The monoisotopic (exact) mass is 341 g/mol. The third kappa shape index (κ3) is 2.85. The topological polar surface area (TPSA) is 72.7 Å². The normalized spacial score (nSPS) is 14.1. The van der Waals surface area contributed by atoms with Crippen molar-refractivity contribution in [2.45, 2.75) is 32.4 Å². The van der Waals surface area contributed by atoms with Gasteiger partial charge in [-0.15, -0.1) is 0 Å². The average Bonchev–Trinajstić information content (AvgIpc) is 3.34. The Morgan fingerprint density at radius 2 is 2.17 bits per heavy atom. The molecule has 4 rings (SSSR count). The molecule has 1 aliphatic rings. The number of amides is 1. The number of aromatic nitrogens is 4. The Bertz CT molecular complexity index is 915. The van der Waals surface area contributed by atoms with Crippen LogP contribution in [0.2, 0.25) is 5.02 Å². The van der Waals surface area contributed by atoms with Crippen LogP contribution in [-0.2, 0) is 6.54 Å². The summed E-state index contributed by atoms with van der Waals surface area (Å²) in [5.74, 6) is 0.582. The predicted octanol–water partition coefficient (Wildman–Crippen LogP) is 3.05. The summed E-state index contributed by atoms with van der Waals surface area (Å²) in [4.78, 5) is 25.1. The molecule has 0 aliphatic heterocycles. The molecule has 2 aromatic heterocycles. The summed E-state index contributed by atoms with van der Waals surface area (Å²) >= 11 is 6.06. The van der Waals surface area contributed by atoms with Gasteiger partial charge in [0.05, 0.1) is 29.5 Å². The van der Waals surface area contributed by atoms with Crippen LogP contribution < -0.4 is 5.32 Å². The summed E-state index contributed by atoms with van der Waals surface area (Å²) in [6.45, 7) is 2.18. The number of hydrogen-bond acceptors (Lipinski definition) is 4. The first-order valence-electron chi connectivity index (χ1n) is 7.85. The number of hydrogen-bond donors (Lipinski definition) is 1. The molecule has 0 bridgehead atoms. The van der Waals surface area contributed by atoms with Crippen molar-refractivity contribution in [3.05, 3.63) is 52.8 Å². The largest absolute Gasteiger partial charge is 0.343 e. The summed E-state index contributed by atoms with van der Waals surface area (Å²) in [7, 11) is 0. The lowest BCUT2D eigenvalue weighted by atomic mass is 10.3. The minimum absolute atomic E-state index is 0.255. The van der Waals surface area contributed by atoms with Crippen LogP contribution in [0.3, 0.4) is 0 Å². The van der Waals surface area contributed by atoms with Crippen molar-refractivity contribution >= 4 is 28.5 Å². The molecule has 24 heavy (non-hydrogen) atoms. The van der Waals surface area contributed by atoms with E-state index in [-0.39, 0.29) is 5.91 Å². The highest BCUT2D eigenvalue weighted by molar-refractivity contribution is 6.31. The van der Waals surface area contributed by atoms with Crippen molar-refractivity contribution in [2.24, 2.45) is 0 Å². The van der Waals surface area contributed by atoms with Gasteiger partial charge in [-0.3, -0.25) is 9.78 Å². The lowest BCUT2D eigenvalue weighted by Gasteiger charge is -2.08. The Kier molecular flexibility index (Phi) is 3.69. The van der Waals surface area contributed by atoms with Crippen LogP contribution in [0.25, 0.3) is 11.0 Å². The third-order valence-electron chi connectivity index (χ3n) is 4.06. The minimum Gasteiger partial charge on any atom is -0.343 e. The number of imidazole rings is 1. The van der Waals surface area contributed by atoms with Gasteiger partial charge < -0.3 is 9.88 Å². The van der Waals surface area contributed by atoms with Gasteiger partial charge in [-0.2, -0.15) is 0 Å². The van der Waals surface area contributed by atoms with Gasteiger partial charge in [0.2, 0.25) is 0 Å². The van der Waals surface area contributed by atoms with Gasteiger partial charge >= 0.3 is 0 Å². The zero-order chi connectivity index (χ0) is 16.7. The molecule has 1 amide bonds. The first-order valence-corrected chi connectivity index (χ1v) is 8.23. The summed E-state index contributed by atoms with van der Waals surface area (Å²) < 4.78 is 2.20. The van der Waals surface area contributed by atoms with Crippen molar-refractivity contribution in [2.75, 3.05) is 0 Å². The molecule has 7 heteroatoms. The number of nitrogens with one attached hydrogen (secondary N) is 1. The SMILES string of the molecule is Cc1cnc(C(=O)NCc2nc3cc(Cl)ccc3n2C2CC2)cn1. The van der Waals surface area contributed by atoms with Crippen LogP contribution in [-0.4, -0.2) is 25.4 Å². The summed E-state index contributed by atoms with van der Waals surface area (Å²) in [6.07, 6.45) is 5.33. The number of benzene rings is 1. The number of carbonyl (C=O) groups excluding carboxylic acids is 1. The van der Waals surface area contributed by atoms with E-state index in [4.69, 9.17) is 11.6 Å². The van der Waals surface area contributed by atoms with Gasteiger partial charge in [-0.1, -0.05) is 11.6 Å². The van der Waals surface area contributed by atoms with Crippen molar-refractivity contribution < 1.29 is 4.79 Å². The summed E-state index contributed by atoms with van der Waals surface area (Å²) in [5, 5.41) is 3.54. The molecule has 0 atom stereocenters. The summed E-state index contributed by atoms with van der Waals surface area (Å²) in [5.41, 5.74) is 2.99. The van der Waals surface area contributed by atoms with Gasteiger partial charge in [0.15, 0.2) is 0 Å². The molecule has 2 heterocycles. The minimum atomic E-state index is -0.255. The maximum absolute atomic E-state index is 12.2. The van der Waals surface area contributed by atoms with E-state index in [0.29, 0.717) is 23.3 Å². The van der Waals surface area contributed by atoms with E-state index in [1.54, 1.807) is 6.20 Å². The highest BCUT2D eigenvalue weighted by atomic mass is 35.5. The highest BCUT2D eigenvalue weighted by Gasteiger charge is 2.28. The average molecular weight is 342 g/mol. The maximum Gasteiger partial charge on any atom is 0.271 e. The van der Waals surface area contributed by atoms with Crippen LogP contribution in [0.1, 0.15) is 40.9 Å². The van der Waals surface area contributed by atoms with Crippen LogP contribution in [0.5, 0.6) is 0 Å². The molecule has 0 spiro atoms. The first kappa shape index (κ1) is 15.1. The molecule has 0 unspecified atom stereocenters. The van der Waals surface area contributed by atoms with E-state index in [1.807, 2.05) is 25.1 Å². The molecule has 6 nitrogen and oxygen atoms in total. The standard InChI is InChI=1S/C17H16ClN5O/c1-10-7-20-14(8-19-10)17(24)21-9-16-22-13-6-11(18)2-5-15(13)23(16)12-3-4-12/h2,5-8,12H,3-4,9H2,1H3,(H,21,24). The molecule has 0 saturated heterocycles. The lowest BCUT2D eigenvalue weighted by molar-refractivity contribution is 0.0944. The fourth-order valence-corrected chi connectivity index (χ4v) is 2.91. The molecule has 1 aliphatic carbocycles. The third-order valence-corrected chi connectivity index (χ3v) is 4.29. The number of aryl methyl sites for hydroxylation is 1. The highest BCUT2D eigenvalue weighted by Crippen LogP contribution is 2.39. The van der Waals surface area contributed by atoms with E-state index < -0.39 is 0 Å². The van der Waals surface area contributed by atoms with Crippen LogP contribution >= 0.6 is 11.6 Å². The van der Waals surface area contributed by atoms with Gasteiger partial charge in [-0.05, 0) is 38.0 Å². The molecule has 1 aromatic carbocycles. The molecular weight excluding hydrogens is 326 g/mol.